The summed E-state index contributed by atoms with van der Waals surface area (Å²) in [6.45, 7) is 1.05. The number of piperidine rings is 1. The predicted molar refractivity (Wildman–Crippen MR) is 79.8 cm³/mol. The van der Waals surface area contributed by atoms with Crippen molar-refractivity contribution in [1.82, 2.24) is 10.2 Å². The largest absolute Gasteiger partial charge is 0.453 e. The van der Waals surface area contributed by atoms with Crippen molar-refractivity contribution in [2.24, 2.45) is 0 Å². The molecule has 1 aromatic carbocycles. The van der Waals surface area contributed by atoms with Crippen LogP contribution in [0.3, 0.4) is 0 Å². The Balaban J connectivity index is 1.76. The zero-order valence-corrected chi connectivity index (χ0v) is 13.0. The molecule has 0 aliphatic carbocycles. The zero-order chi connectivity index (χ0) is 16.8. The molecule has 126 valence electrons. The van der Waals surface area contributed by atoms with Crippen LogP contribution in [0.15, 0.2) is 18.2 Å². The molecule has 23 heavy (non-hydrogen) atoms. The molecular weight excluding hydrogens is 306 g/mol. The number of nitrogens with zero attached hydrogens (tertiary/aromatic N) is 1. The van der Waals surface area contributed by atoms with E-state index in [9.17, 15) is 18.4 Å². The van der Waals surface area contributed by atoms with Gasteiger partial charge in [0.15, 0.2) is 11.6 Å². The highest BCUT2D eigenvalue weighted by Crippen LogP contribution is 2.14. The van der Waals surface area contributed by atoms with Crippen molar-refractivity contribution in [2.45, 2.75) is 31.7 Å². The topological polar surface area (TPSA) is 58.6 Å². The standard InChI is InChI=1S/C16H20F2N2O3/c1-23-16(22)20-9-7-12(8-10-20)19-14(21)6-5-11-3-2-4-13(17)15(11)18/h2-4,12H,5-10H2,1H3,(H,19,21). The number of benzene rings is 1. The first-order valence-corrected chi connectivity index (χ1v) is 7.56. The first-order chi connectivity index (χ1) is 11.0. The van der Waals surface area contributed by atoms with Crippen LogP contribution >= 0.6 is 0 Å². The number of halogens is 2. The number of carbonyl (C=O) groups is 2. The lowest BCUT2D eigenvalue weighted by molar-refractivity contribution is -0.122. The van der Waals surface area contributed by atoms with Crippen LogP contribution in [0.2, 0.25) is 0 Å². The third-order valence-electron chi connectivity index (χ3n) is 3.95. The van der Waals surface area contributed by atoms with E-state index in [1.54, 1.807) is 4.90 Å². The van der Waals surface area contributed by atoms with E-state index in [0.29, 0.717) is 25.9 Å². The maximum absolute atomic E-state index is 13.5. The van der Waals surface area contributed by atoms with Gasteiger partial charge in [0.1, 0.15) is 0 Å². The Bertz CT molecular complexity index is 572. The molecule has 0 saturated carbocycles. The van der Waals surface area contributed by atoms with E-state index >= 15 is 0 Å². The maximum Gasteiger partial charge on any atom is 0.409 e. The van der Waals surface area contributed by atoms with Gasteiger partial charge in [0, 0.05) is 25.6 Å². The highest BCUT2D eigenvalue weighted by atomic mass is 19.2. The van der Waals surface area contributed by atoms with Gasteiger partial charge in [-0.15, -0.1) is 0 Å². The minimum atomic E-state index is -0.905. The van der Waals surface area contributed by atoms with Crippen molar-refractivity contribution < 1.29 is 23.1 Å². The third-order valence-corrected chi connectivity index (χ3v) is 3.95. The summed E-state index contributed by atoms with van der Waals surface area (Å²) in [5.41, 5.74) is 0.195. The Labute approximate surface area is 133 Å². The van der Waals surface area contributed by atoms with Crippen LogP contribution < -0.4 is 5.32 Å². The summed E-state index contributed by atoms with van der Waals surface area (Å²) in [5, 5.41) is 2.87. The van der Waals surface area contributed by atoms with Crippen LogP contribution in [0.4, 0.5) is 13.6 Å². The fourth-order valence-electron chi connectivity index (χ4n) is 2.63. The van der Waals surface area contributed by atoms with E-state index in [1.165, 1.54) is 19.2 Å². The smallest absolute Gasteiger partial charge is 0.409 e. The molecule has 1 aliphatic heterocycles. The number of rotatable bonds is 4. The number of aryl methyl sites for hydroxylation is 1. The molecule has 0 spiro atoms. The first-order valence-electron chi connectivity index (χ1n) is 7.56. The molecule has 0 radical (unpaired) electrons. The number of likely N-dealkylation sites (tertiary alicyclic amines) is 1. The van der Waals surface area contributed by atoms with Gasteiger partial charge < -0.3 is 15.0 Å². The predicted octanol–water partition coefficient (Wildman–Crippen LogP) is 2.24. The second-order valence-electron chi connectivity index (χ2n) is 5.51. The molecule has 5 nitrogen and oxygen atoms in total. The van der Waals surface area contributed by atoms with Crippen LogP contribution in [-0.4, -0.2) is 43.1 Å². The number of hydrogen-bond donors (Lipinski definition) is 1. The molecule has 1 N–H and O–H groups in total. The summed E-state index contributed by atoms with van der Waals surface area (Å²) < 4.78 is 31.2. The van der Waals surface area contributed by atoms with E-state index in [4.69, 9.17) is 0 Å². The Morgan fingerprint density at radius 2 is 2.00 bits per heavy atom. The number of amides is 2. The summed E-state index contributed by atoms with van der Waals surface area (Å²) in [6.07, 6.45) is 1.18. The van der Waals surface area contributed by atoms with Crippen molar-refractivity contribution in [2.75, 3.05) is 20.2 Å². The Kier molecular flexibility index (Phi) is 5.90. The lowest BCUT2D eigenvalue weighted by Crippen LogP contribution is -2.46. The van der Waals surface area contributed by atoms with Gasteiger partial charge in [-0.1, -0.05) is 12.1 Å². The molecule has 1 aliphatic rings. The summed E-state index contributed by atoms with van der Waals surface area (Å²) in [4.78, 5) is 24.9. The van der Waals surface area contributed by atoms with Crippen LogP contribution in [0.1, 0.15) is 24.8 Å². The molecule has 0 unspecified atom stereocenters. The monoisotopic (exact) mass is 326 g/mol. The fraction of sp³-hybridized carbons (Fsp3) is 0.500. The number of nitrogens with one attached hydrogen (secondary N) is 1. The normalized spacial score (nSPS) is 15.3. The number of hydrogen-bond acceptors (Lipinski definition) is 3. The molecule has 7 heteroatoms. The van der Waals surface area contributed by atoms with Crippen LogP contribution in [0, 0.1) is 11.6 Å². The minimum absolute atomic E-state index is 0.0132. The molecule has 1 saturated heterocycles. The quantitative estimate of drug-likeness (QED) is 0.923. The summed E-state index contributed by atoms with van der Waals surface area (Å²) in [7, 11) is 1.34. The van der Waals surface area contributed by atoms with Crippen molar-refractivity contribution in [3.8, 4) is 0 Å². The first kappa shape index (κ1) is 17.2. The second-order valence-corrected chi connectivity index (χ2v) is 5.51. The van der Waals surface area contributed by atoms with Crippen molar-refractivity contribution in [1.29, 1.82) is 0 Å². The molecule has 1 fully saturated rings. The minimum Gasteiger partial charge on any atom is -0.453 e. The summed E-state index contributed by atoms with van der Waals surface area (Å²) >= 11 is 0. The van der Waals surface area contributed by atoms with Crippen LogP contribution in [-0.2, 0) is 16.0 Å². The van der Waals surface area contributed by atoms with Crippen LogP contribution in [0.5, 0.6) is 0 Å². The molecule has 2 amide bonds. The Hall–Kier alpha value is -2.18. The molecular formula is C16H20F2N2O3. The summed E-state index contributed by atoms with van der Waals surface area (Å²) in [5.74, 6) is -2.00. The van der Waals surface area contributed by atoms with Gasteiger partial charge in [-0.25, -0.2) is 13.6 Å². The van der Waals surface area contributed by atoms with Crippen molar-refractivity contribution >= 4 is 12.0 Å². The number of ether oxygens (including phenoxy) is 1. The molecule has 0 bridgehead atoms. The number of methoxy groups -OCH3 is 1. The maximum atomic E-state index is 13.5. The highest BCUT2D eigenvalue weighted by molar-refractivity contribution is 5.76. The van der Waals surface area contributed by atoms with E-state index in [1.807, 2.05) is 0 Å². The molecule has 0 aromatic heterocycles. The van der Waals surface area contributed by atoms with Gasteiger partial charge in [-0.3, -0.25) is 4.79 Å². The Morgan fingerprint density at radius 1 is 1.30 bits per heavy atom. The molecule has 1 heterocycles. The summed E-state index contributed by atoms with van der Waals surface area (Å²) in [6, 6.07) is 3.93. The van der Waals surface area contributed by atoms with Gasteiger partial charge in [0.25, 0.3) is 0 Å². The number of carbonyl (C=O) groups excluding carboxylic acids is 2. The highest BCUT2D eigenvalue weighted by Gasteiger charge is 2.24. The van der Waals surface area contributed by atoms with Gasteiger partial charge in [-0.05, 0) is 30.9 Å². The van der Waals surface area contributed by atoms with Crippen molar-refractivity contribution in [3.05, 3.63) is 35.4 Å². The van der Waals surface area contributed by atoms with Gasteiger partial charge in [0.2, 0.25) is 5.91 Å². The second kappa shape index (κ2) is 7.89. The third kappa shape index (κ3) is 4.64. The average Bonchev–Trinajstić information content (AvgIpc) is 2.56. The lowest BCUT2D eigenvalue weighted by Gasteiger charge is -2.31. The van der Waals surface area contributed by atoms with E-state index in [0.717, 1.165) is 6.07 Å². The van der Waals surface area contributed by atoms with E-state index < -0.39 is 11.6 Å². The Morgan fingerprint density at radius 3 is 2.65 bits per heavy atom. The van der Waals surface area contributed by atoms with Gasteiger partial charge >= 0.3 is 6.09 Å². The van der Waals surface area contributed by atoms with Crippen LogP contribution in [0.25, 0.3) is 0 Å². The lowest BCUT2D eigenvalue weighted by atomic mass is 10.0. The van der Waals surface area contributed by atoms with E-state index in [2.05, 4.69) is 10.1 Å². The zero-order valence-electron chi connectivity index (χ0n) is 13.0. The fourth-order valence-corrected chi connectivity index (χ4v) is 2.63. The van der Waals surface area contributed by atoms with Gasteiger partial charge in [-0.2, -0.15) is 0 Å². The van der Waals surface area contributed by atoms with E-state index in [-0.39, 0.29) is 36.4 Å². The van der Waals surface area contributed by atoms with Gasteiger partial charge in [0.05, 0.1) is 7.11 Å². The molecule has 2 rings (SSSR count). The molecule has 0 atom stereocenters. The molecule has 1 aromatic rings. The van der Waals surface area contributed by atoms with Crippen molar-refractivity contribution in [3.63, 3.8) is 0 Å². The SMILES string of the molecule is COC(=O)N1CCC(NC(=O)CCc2cccc(F)c2F)CC1. The average molecular weight is 326 g/mol.